The van der Waals surface area contributed by atoms with Crippen LogP contribution in [0.1, 0.15) is 23.0 Å². The topological polar surface area (TPSA) is 111 Å². The summed E-state index contributed by atoms with van der Waals surface area (Å²) in [5, 5.41) is 8.63. The first kappa shape index (κ1) is 14.2. The molecule has 0 aliphatic rings. The molecule has 1 aromatic heterocycles. The van der Waals surface area contributed by atoms with Gasteiger partial charge in [0.05, 0.1) is 12.2 Å². The molecule has 0 unspecified atom stereocenters. The Morgan fingerprint density at radius 2 is 2.11 bits per heavy atom. The summed E-state index contributed by atoms with van der Waals surface area (Å²) in [7, 11) is -3.73. The van der Waals surface area contributed by atoms with Crippen molar-refractivity contribution in [3.05, 3.63) is 23.7 Å². The lowest BCUT2D eigenvalue weighted by molar-refractivity contribution is -0.139. The molecule has 0 radical (unpaired) electrons. The van der Waals surface area contributed by atoms with Crippen LogP contribution in [0.5, 0.6) is 0 Å². The minimum atomic E-state index is -3.73. The average Bonchev–Trinajstić information content (AvgIpc) is 2.64. The molecule has 0 fully saturated rings. The molecule has 0 aromatic carbocycles. The predicted octanol–water partition coefficient (Wildman–Crippen LogP) is 0.456. The van der Waals surface area contributed by atoms with Crippen molar-refractivity contribution in [1.82, 2.24) is 0 Å². The second-order valence-corrected chi connectivity index (χ2v) is 5.51. The van der Waals surface area contributed by atoms with Crippen molar-refractivity contribution in [1.29, 1.82) is 0 Å². The number of carbonyl (C=O) groups excluding carboxylic acids is 1. The smallest absolute Gasteiger partial charge is 0.338 e. The van der Waals surface area contributed by atoms with Crippen molar-refractivity contribution >= 4 is 21.8 Å². The second kappa shape index (κ2) is 5.67. The highest BCUT2D eigenvalue weighted by Gasteiger charge is 2.21. The summed E-state index contributed by atoms with van der Waals surface area (Å²) in [6.07, 6.45) is 0.942. The molecule has 100 valence electrons. The molecule has 0 atom stereocenters. The van der Waals surface area contributed by atoms with Gasteiger partial charge in [0.15, 0.2) is 9.84 Å². The number of sulfone groups is 1. The van der Waals surface area contributed by atoms with Gasteiger partial charge in [0.2, 0.25) is 0 Å². The van der Waals surface area contributed by atoms with E-state index in [4.69, 9.17) is 9.52 Å². The first-order valence-corrected chi connectivity index (χ1v) is 6.83. The van der Waals surface area contributed by atoms with Gasteiger partial charge in [-0.15, -0.1) is 0 Å². The highest BCUT2D eigenvalue weighted by molar-refractivity contribution is 7.91. The van der Waals surface area contributed by atoms with Gasteiger partial charge in [-0.25, -0.2) is 13.2 Å². The molecule has 0 amide bonds. The molecular weight excluding hydrogens is 264 g/mol. The second-order valence-electron chi connectivity index (χ2n) is 3.44. The van der Waals surface area contributed by atoms with Crippen LogP contribution in [0.4, 0.5) is 0 Å². The lowest BCUT2D eigenvalue weighted by Gasteiger charge is -2.02. The summed E-state index contributed by atoms with van der Waals surface area (Å²) in [6.45, 7) is 1.66. The predicted molar refractivity (Wildman–Crippen MR) is 59.8 cm³/mol. The molecule has 0 aliphatic carbocycles. The number of hydrogen-bond donors (Lipinski definition) is 1. The van der Waals surface area contributed by atoms with Crippen LogP contribution in [-0.4, -0.2) is 37.8 Å². The molecule has 1 aromatic rings. The summed E-state index contributed by atoms with van der Waals surface area (Å²) < 4.78 is 32.4. The van der Waals surface area contributed by atoms with E-state index >= 15 is 0 Å². The third kappa shape index (κ3) is 4.21. The molecule has 0 saturated heterocycles. The third-order valence-electron chi connectivity index (χ3n) is 1.91. The van der Waals surface area contributed by atoms with E-state index in [-0.39, 0.29) is 17.9 Å². The molecule has 7 nitrogen and oxygen atoms in total. The fraction of sp³-hybridized carbons (Fsp3) is 0.400. The van der Waals surface area contributed by atoms with Crippen molar-refractivity contribution in [3.63, 3.8) is 0 Å². The number of esters is 1. The van der Waals surface area contributed by atoms with Gasteiger partial charge < -0.3 is 14.3 Å². The van der Waals surface area contributed by atoms with Crippen LogP contribution in [0, 0.1) is 0 Å². The first-order valence-electron chi connectivity index (χ1n) is 5.01. The van der Waals surface area contributed by atoms with Gasteiger partial charge in [-0.2, -0.15) is 0 Å². The van der Waals surface area contributed by atoms with Gasteiger partial charge in [0.1, 0.15) is 23.5 Å². The van der Waals surface area contributed by atoms with Crippen LogP contribution in [0.2, 0.25) is 0 Å². The standard InChI is InChI=1S/C10H12O7S/c1-2-16-9(11)6-18(14,15)5-8-3-7(4-17-8)10(12)13/h3-4H,2,5-6H2,1H3,(H,12,13). The van der Waals surface area contributed by atoms with Gasteiger partial charge in [-0.05, 0) is 13.0 Å². The van der Waals surface area contributed by atoms with E-state index in [1.807, 2.05) is 0 Å². The quantitative estimate of drug-likeness (QED) is 0.751. The lowest BCUT2D eigenvalue weighted by Crippen LogP contribution is -2.19. The van der Waals surface area contributed by atoms with Crippen LogP contribution in [-0.2, 0) is 25.1 Å². The minimum Gasteiger partial charge on any atom is -0.478 e. The van der Waals surface area contributed by atoms with E-state index in [1.54, 1.807) is 6.92 Å². The molecule has 1 heterocycles. The van der Waals surface area contributed by atoms with Crippen LogP contribution in [0.15, 0.2) is 16.7 Å². The van der Waals surface area contributed by atoms with E-state index in [0.29, 0.717) is 0 Å². The SMILES string of the molecule is CCOC(=O)CS(=O)(=O)Cc1cc(C(=O)O)co1. The highest BCUT2D eigenvalue weighted by Crippen LogP contribution is 2.12. The van der Waals surface area contributed by atoms with Gasteiger partial charge in [0.25, 0.3) is 0 Å². The van der Waals surface area contributed by atoms with Crippen LogP contribution >= 0.6 is 0 Å². The summed E-state index contributed by atoms with van der Waals surface area (Å²) in [5.74, 6) is -3.39. The number of aromatic carboxylic acids is 1. The number of rotatable bonds is 6. The van der Waals surface area contributed by atoms with E-state index in [0.717, 1.165) is 12.3 Å². The molecule has 1 N–H and O–H groups in total. The Bertz CT molecular complexity index is 540. The van der Waals surface area contributed by atoms with Crippen LogP contribution in [0.25, 0.3) is 0 Å². The molecule has 8 heteroatoms. The Morgan fingerprint density at radius 3 is 2.61 bits per heavy atom. The van der Waals surface area contributed by atoms with Gasteiger partial charge in [-0.3, -0.25) is 4.79 Å². The first-order chi connectivity index (χ1) is 8.34. The zero-order valence-corrected chi connectivity index (χ0v) is 10.4. The fourth-order valence-corrected chi connectivity index (χ4v) is 2.35. The number of carboxylic acid groups (broad SMARTS) is 1. The van der Waals surface area contributed by atoms with Crippen molar-refractivity contribution in [2.24, 2.45) is 0 Å². The Kier molecular flexibility index (Phi) is 4.49. The van der Waals surface area contributed by atoms with E-state index in [9.17, 15) is 18.0 Å². The number of furan rings is 1. The molecule has 0 saturated carbocycles. The number of carboxylic acids is 1. The summed E-state index contributed by atoms with van der Waals surface area (Å²) in [4.78, 5) is 21.6. The van der Waals surface area contributed by atoms with Crippen LogP contribution < -0.4 is 0 Å². The van der Waals surface area contributed by atoms with E-state index in [1.165, 1.54) is 0 Å². The number of hydrogen-bond acceptors (Lipinski definition) is 6. The molecule has 0 aliphatic heterocycles. The van der Waals surface area contributed by atoms with E-state index < -0.39 is 33.3 Å². The highest BCUT2D eigenvalue weighted by atomic mass is 32.2. The Morgan fingerprint density at radius 1 is 1.44 bits per heavy atom. The van der Waals surface area contributed by atoms with Crippen molar-refractivity contribution in [3.8, 4) is 0 Å². The van der Waals surface area contributed by atoms with Crippen molar-refractivity contribution in [2.45, 2.75) is 12.7 Å². The zero-order valence-electron chi connectivity index (χ0n) is 9.58. The minimum absolute atomic E-state index is 0.0308. The van der Waals surface area contributed by atoms with Crippen LogP contribution in [0.3, 0.4) is 0 Å². The Hall–Kier alpha value is -1.83. The summed E-state index contributed by atoms with van der Waals surface area (Å²) >= 11 is 0. The molecule has 0 spiro atoms. The summed E-state index contributed by atoms with van der Waals surface area (Å²) in [6, 6.07) is 1.10. The fourth-order valence-electron chi connectivity index (χ4n) is 1.22. The average molecular weight is 276 g/mol. The molecule has 0 bridgehead atoms. The normalized spacial score (nSPS) is 11.2. The van der Waals surface area contributed by atoms with Gasteiger partial charge in [-0.1, -0.05) is 0 Å². The maximum Gasteiger partial charge on any atom is 0.338 e. The number of ether oxygens (including phenoxy) is 1. The van der Waals surface area contributed by atoms with Gasteiger partial charge in [0, 0.05) is 0 Å². The van der Waals surface area contributed by atoms with E-state index in [2.05, 4.69) is 4.74 Å². The van der Waals surface area contributed by atoms with Gasteiger partial charge >= 0.3 is 11.9 Å². The number of carbonyl (C=O) groups is 2. The third-order valence-corrected chi connectivity index (χ3v) is 3.31. The van der Waals surface area contributed by atoms with Crippen molar-refractivity contribution < 1.29 is 32.3 Å². The lowest BCUT2D eigenvalue weighted by atomic mass is 10.3. The zero-order chi connectivity index (χ0) is 13.8. The maximum absolute atomic E-state index is 11.6. The molecular formula is C10H12O7S. The Balaban J connectivity index is 2.70. The molecule has 18 heavy (non-hydrogen) atoms. The monoisotopic (exact) mass is 276 g/mol. The van der Waals surface area contributed by atoms with Crippen molar-refractivity contribution in [2.75, 3.05) is 12.4 Å². The summed E-state index contributed by atoms with van der Waals surface area (Å²) in [5.41, 5.74) is -0.142. The Labute approximate surface area is 103 Å². The maximum atomic E-state index is 11.6. The largest absolute Gasteiger partial charge is 0.478 e. The molecule has 1 rings (SSSR count).